The summed E-state index contributed by atoms with van der Waals surface area (Å²) >= 11 is 0. The molecule has 3 saturated carbocycles. The van der Waals surface area contributed by atoms with Crippen molar-refractivity contribution in [3.8, 4) is 0 Å². The highest BCUT2D eigenvalue weighted by Gasteiger charge is 2.27. The zero-order chi connectivity index (χ0) is 16.8. The van der Waals surface area contributed by atoms with Gasteiger partial charge in [-0.15, -0.1) is 0 Å². The molecule has 3 heteroatoms. The lowest BCUT2D eigenvalue weighted by atomic mass is 9.75. The fourth-order valence-electron chi connectivity index (χ4n) is 5.24. The summed E-state index contributed by atoms with van der Waals surface area (Å²) < 4.78 is 0. The van der Waals surface area contributed by atoms with Crippen LogP contribution in [-0.4, -0.2) is 18.1 Å². The molecular formula is C21H38N2O. The van der Waals surface area contributed by atoms with E-state index in [1.165, 1.54) is 89.9 Å². The van der Waals surface area contributed by atoms with E-state index in [4.69, 9.17) is 0 Å². The van der Waals surface area contributed by atoms with E-state index in [9.17, 15) is 4.79 Å². The van der Waals surface area contributed by atoms with Crippen molar-refractivity contribution in [3.63, 3.8) is 0 Å². The molecule has 0 bridgehead atoms. The van der Waals surface area contributed by atoms with Crippen molar-refractivity contribution in [1.29, 1.82) is 0 Å². The van der Waals surface area contributed by atoms with Gasteiger partial charge in [0.15, 0.2) is 0 Å². The summed E-state index contributed by atoms with van der Waals surface area (Å²) in [6.45, 7) is 2.41. The van der Waals surface area contributed by atoms with Gasteiger partial charge < -0.3 is 10.6 Å². The van der Waals surface area contributed by atoms with Crippen molar-refractivity contribution < 1.29 is 4.79 Å². The van der Waals surface area contributed by atoms with Gasteiger partial charge in [-0.25, -0.2) is 4.79 Å². The number of hydrogen-bond donors (Lipinski definition) is 2. The number of rotatable bonds is 4. The van der Waals surface area contributed by atoms with Crippen LogP contribution in [0.5, 0.6) is 0 Å². The van der Waals surface area contributed by atoms with Crippen LogP contribution >= 0.6 is 0 Å². The maximum atomic E-state index is 12.2. The van der Waals surface area contributed by atoms with Crippen molar-refractivity contribution in [2.24, 2.45) is 17.8 Å². The number of carbonyl (C=O) groups excluding carboxylic acids is 1. The van der Waals surface area contributed by atoms with Crippen LogP contribution < -0.4 is 10.6 Å². The number of nitrogens with one attached hydrogen (secondary N) is 2. The van der Waals surface area contributed by atoms with Crippen molar-refractivity contribution >= 4 is 6.03 Å². The fraction of sp³-hybridized carbons (Fsp3) is 0.952. The van der Waals surface area contributed by atoms with E-state index in [2.05, 4.69) is 17.6 Å². The van der Waals surface area contributed by atoms with E-state index in [1.807, 2.05) is 0 Å². The van der Waals surface area contributed by atoms with Gasteiger partial charge in [0.2, 0.25) is 0 Å². The minimum Gasteiger partial charge on any atom is -0.335 e. The Morgan fingerprint density at radius 1 is 0.708 bits per heavy atom. The lowest BCUT2D eigenvalue weighted by Crippen LogP contribution is -2.47. The third-order valence-corrected chi connectivity index (χ3v) is 6.92. The number of hydrogen-bond acceptors (Lipinski definition) is 1. The minimum absolute atomic E-state index is 0.0895. The average Bonchev–Trinajstić information content (AvgIpc) is 2.59. The summed E-state index contributed by atoms with van der Waals surface area (Å²) in [4.78, 5) is 12.2. The SMILES string of the molecule is CC1CCC(CC2CCC(NC(=O)NC3CCCCC3)CC2)CC1. The lowest BCUT2D eigenvalue weighted by Gasteiger charge is -2.34. The van der Waals surface area contributed by atoms with Gasteiger partial charge in [0.1, 0.15) is 0 Å². The summed E-state index contributed by atoms with van der Waals surface area (Å²) in [6.07, 6.45) is 18.5. The average molecular weight is 335 g/mol. The van der Waals surface area contributed by atoms with Gasteiger partial charge in [0, 0.05) is 12.1 Å². The van der Waals surface area contributed by atoms with E-state index in [0.29, 0.717) is 12.1 Å². The Hall–Kier alpha value is -0.730. The van der Waals surface area contributed by atoms with Crippen molar-refractivity contribution in [2.45, 2.75) is 109 Å². The van der Waals surface area contributed by atoms with Crippen LogP contribution in [0.4, 0.5) is 4.79 Å². The molecule has 2 amide bonds. The molecule has 3 aliphatic carbocycles. The van der Waals surface area contributed by atoms with Crippen LogP contribution in [-0.2, 0) is 0 Å². The second-order valence-corrected chi connectivity index (χ2v) is 9.03. The molecule has 0 aromatic carbocycles. The predicted octanol–water partition coefficient (Wildman–Crippen LogP) is 5.39. The summed E-state index contributed by atoms with van der Waals surface area (Å²) in [7, 11) is 0. The number of carbonyl (C=O) groups is 1. The third kappa shape index (κ3) is 5.67. The second kappa shape index (κ2) is 9.10. The quantitative estimate of drug-likeness (QED) is 0.710. The zero-order valence-corrected chi connectivity index (χ0v) is 15.7. The van der Waals surface area contributed by atoms with Crippen molar-refractivity contribution in [2.75, 3.05) is 0 Å². The maximum absolute atomic E-state index is 12.2. The molecule has 0 radical (unpaired) electrons. The lowest BCUT2D eigenvalue weighted by molar-refractivity contribution is 0.197. The molecule has 24 heavy (non-hydrogen) atoms. The number of amides is 2. The van der Waals surface area contributed by atoms with Crippen LogP contribution in [0.25, 0.3) is 0 Å². The van der Waals surface area contributed by atoms with Crippen LogP contribution in [0.1, 0.15) is 96.8 Å². The largest absolute Gasteiger partial charge is 0.335 e. The molecule has 3 nitrogen and oxygen atoms in total. The molecule has 3 aliphatic rings. The summed E-state index contributed by atoms with van der Waals surface area (Å²) in [5, 5.41) is 6.44. The van der Waals surface area contributed by atoms with Crippen LogP contribution in [0, 0.1) is 17.8 Å². The first-order valence-electron chi connectivity index (χ1n) is 10.8. The van der Waals surface area contributed by atoms with Gasteiger partial charge in [0.05, 0.1) is 0 Å². The molecule has 138 valence electrons. The van der Waals surface area contributed by atoms with Crippen LogP contribution in [0.2, 0.25) is 0 Å². The third-order valence-electron chi connectivity index (χ3n) is 6.92. The van der Waals surface area contributed by atoms with Gasteiger partial charge in [-0.1, -0.05) is 51.9 Å². The molecular weight excluding hydrogens is 296 g/mol. The molecule has 0 heterocycles. The van der Waals surface area contributed by atoms with Crippen molar-refractivity contribution in [3.05, 3.63) is 0 Å². The second-order valence-electron chi connectivity index (χ2n) is 9.03. The Balaban J connectivity index is 1.30. The molecule has 0 aromatic rings. The fourth-order valence-corrected chi connectivity index (χ4v) is 5.24. The van der Waals surface area contributed by atoms with E-state index >= 15 is 0 Å². The van der Waals surface area contributed by atoms with Gasteiger partial charge in [-0.3, -0.25) is 0 Å². The highest BCUT2D eigenvalue weighted by molar-refractivity contribution is 5.74. The highest BCUT2D eigenvalue weighted by Crippen LogP contribution is 2.36. The van der Waals surface area contributed by atoms with E-state index in [0.717, 1.165) is 17.8 Å². The Morgan fingerprint density at radius 3 is 1.79 bits per heavy atom. The summed E-state index contributed by atoms with van der Waals surface area (Å²) in [5.41, 5.74) is 0. The van der Waals surface area contributed by atoms with Crippen molar-refractivity contribution in [1.82, 2.24) is 10.6 Å². The summed E-state index contributed by atoms with van der Waals surface area (Å²) in [6, 6.07) is 0.923. The smallest absolute Gasteiger partial charge is 0.315 e. The van der Waals surface area contributed by atoms with E-state index in [1.54, 1.807) is 0 Å². The standard InChI is InChI=1S/C21H38N2O/c1-16-7-9-17(10-8-16)15-18-11-13-20(14-12-18)23-21(24)22-19-5-3-2-4-6-19/h16-20H,2-15H2,1H3,(H2,22,23,24). The Kier molecular flexibility index (Phi) is 6.85. The number of urea groups is 1. The van der Waals surface area contributed by atoms with Gasteiger partial charge in [-0.05, 0) is 62.7 Å². The molecule has 0 aromatic heterocycles. The Bertz CT molecular complexity index is 375. The van der Waals surface area contributed by atoms with Gasteiger partial charge >= 0.3 is 6.03 Å². The van der Waals surface area contributed by atoms with E-state index in [-0.39, 0.29) is 6.03 Å². The zero-order valence-electron chi connectivity index (χ0n) is 15.7. The first kappa shape index (κ1) is 18.1. The van der Waals surface area contributed by atoms with Gasteiger partial charge in [-0.2, -0.15) is 0 Å². The highest BCUT2D eigenvalue weighted by atomic mass is 16.2. The molecule has 3 fully saturated rings. The first-order valence-corrected chi connectivity index (χ1v) is 10.8. The molecule has 0 saturated heterocycles. The topological polar surface area (TPSA) is 41.1 Å². The Labute approximate surface area is 148 Å². The molecule has 2 N–H and O–H groups in total. The molecule has 3 rings (SSSR count). The minimum atomic E-state index is 0.0895. The van der Waals surface area contributed by atoms with Gasteiger partial charge in [0.25, 0.3) is 0 Å². The maximum Gasteiger partial charge on any atom is 0.315 e. The first-order chi connectivity index (χ1) is 11.7. The molecule has 0 unspecified atom stereocenters. The summed E-state index contributed by atoms with van der Waals surface area (Å²) in [5.74, 6) is 2.87. The predicted molar refractivity (Wildman–Crippen MR) is 100 cm³/mol. The van der Waals surface area contributed by atoms with E-state index < -0.39 is 0 Å². The van der Waals surface area contributed by atoms with Crippen LogP contribution in [0.3, 0.4) is 0 Å². The molecule has 0 spiro atoms. The normalized spacial score (nSPS) is 35.4. The van der Waals surface area contributed by atoms with Crippen LogP contribution in [0.15, 0.2) is 0 Å². The monoisotopic (exact) mass is 334 g/mol. The molecule has 0 atom stereocenters. The molecule has 0 aliphatic heterocycles. The Morgan fingerprint density at radius 2 is 1.21 bits per heavy atom.